The van der Waals surface area contributed by atoms with Crippen molar-refractivity contribution >= 4 is 29.1 Å². The van der Waals surface area contributed by atoms with Crippen molar-refractivity contribution in [3.05, 3.63) is 0 Å². The first kappa shape index (κ1) is 9.37. The first-order chi connectivity index (χ1) is 2.27. The van der Waals surface area contributed by atoms with Crippen molar-refractivity contribution in [3.63, 3.8) is 0 Å². The van der Waals surface area contributed by atoms with Crippen LogP contribution in [0, 0.1) is 0 Å². The molecule has 0 aliphatic heterocycles. The van der Waals surface area contributed by atoms with Crippen LogP contribution in [0.15, 0.2) is 0 Å². The largest absolute Gasteiger partial charge is 2.00 e. The van der Waals surface area contributed by atoms with Crippen LogP contribution in [0.2, 0.25) is 0 Å². The van der Waals surface area contributed by atoms with E-state index in [1.165, 1.54) is 0 Å². The number of carbonyl (C=O) groups is 1. The molecule has 6 heavy (non-hydrogen) atoms. The van der Waals surface area contributed by atoms with Gasteiger partial charge >= 0.3 is 29.1 Å². The quantitative estimate of drug-likeness (QED) is 0.148. The average Bonchev–Trinajstić information content (AvgIpc) is 1.38. The van der Waals surface area contributed by atoms with E-state index < -0.39 is 6.03 Å². The molecule has 0 spiro atoms. The van der Waals surface area contributed by atoms with Gasteiger partial charge < -0.3 is 8.59 Å². The average molecular weight is 101 g/mol. The van der Waals surface area contributed by atoms with Crippen molar-refractivity contribution in [2.75, 3.05) is 0 Å². The SMILES string of the molecule is NNC(N)=O.[H-].[H-].[Mg+2]. The summed E-state index contributed by atoms with van der Waals surface area (Å²) in [6.45, 7) is 0. The Hall–Kier alpha value is -0.00377. The van der Waals surface area contributed by atoms with Gasteiger partial charge in [0.1, 0.15) is 0 Å². The Labute approximate surface area is 54.3 Å². The zero-order chi connectivity index (χ0) is 4.28. The molecule has 0 aromatic heterocycles. The van der Waals surface area contributed by atoms with E-state index in [4.69, 9.17) is 0 Å². The number of hydrazine groups is 1. The van der Waals surface area contributed by atoms with E-state index in [1.54, 1.807) is 5.43 Å². The Bertz CT molecular complexity index is 52.5. The third-order valence-electron chi connectivity index (χ3n) is 0.142. The molecule has 0 radical (unpaired) electrons. The molecule has 0 aliphatic carbocycles. The van der Waals surface area contributed by atoms with Gasteiger partial charge in [-0.1, -0.05) is 0 Å². The molecular weight excluding hydrogens is 94.3 g/mol. The zero-order valence-electron chi connectivity index (χ0n) is 5.27. The van der Waals surface area contributed by atoms with Crippen molar-refractivity contribution in [1.82, 2.24) is 5.43 Å². The Morgan fingerprint density at radius 1 is 1.83 bits per heavy atom. The molecule has 0 saturated carbocycles. The van der Waals surface area contributed by atoms with Gasteiger partial charge in [0.05, 0.1) is 0 Å². The predicted octanol–water partition coefficient (Wildman–Crippen LogP) is -1.63. The molecule has 5 N–H and O–H groups in total. The van der Waals surface area contributed by atoms with Crippen LogP contribution in [0.3, 0.4) is 0 Å². The van der Waals surface area contributed by atoms with Crippen LogP contribution >= 0.6 is 0 Å². The number of nitrogens with two attached hydrogens (primary N) is 2. The Balaban J connectivity index is -0.0000000267. The molecule has 0 atom stereocenters. The topological polar surface area (TPSA) is 81.1 Å². The number of carbonyl (C=O) groups excluding carboxylic acids is 1. The molecule has 0 rings (SSSR count). The van der Waals surface area contributed by atoms with Crippen molar-refractivity contribution in [3.8, 4) is 0 Å². The molecule has 0 heterocycles. The van der Waals surface area contributed by atoms with Crippen LogP contribution in [0.4, 0.5) is 4.79 Å². The molecule has 0 bridgehead atoms. The molecule has 5 heteroatoms. The fourth-order valence-corrected chi connectivity index (χ4v) is 0. The van der Waals surface area contributed by atoms with Crippen molar-refractivity contribution in [2.24, 2.45) is 11.6 Å². The smallest absolute Gasteiger partial charge is 1.00 e. The molecule has 0 fully saturated rings. The zero-order valence-corrected chi connectivity index (χ0v) is 4.68. The first-order valence-electron chi connectivity index (χ1n) is 1.03. The maximum atomic E-state index is 9.35. The van der Waals surface area contributed by atoms with E-state index in [9.17, 15) is 4.79 Å². The molecular formula is CH7MgN3O. The standard InChI is InChI=1S/CH5N3O.Mg.2H/c2-1(5)4-3;;;/h3H2,(H3,2,4,5);;;/q;+2;2*-1. The fraction of sp³-hybridized carbons (Fsp3) is 0. The summed E-state index contributed by atoms with van der Waals surface area (Å²) in [6, 6.07) is -0.718. The second kappa shape index (κ2) is 5.00. The summed E-state index contributed by atoms with van der Waals surface area (Å²) in [5.41, 5.74) is 6.08. The van der Waals surface area contributed by atoms with E-state index in [2.05, 4.69) is 11.6 Å². The van der Waals surface area contributed by atoms with Crippen LogP contribution in [0.1, 0.15) is 2.85 Å². The van der Waals surface area contributed by atoms with Crippen molar-refractivity contribution in [2.45, 2.75) is 0 Å². The predicted molar refractivity (Wildman–Crippen MR) is 24.9 cm³/mol. The Morgan fingerprint density at radius 3 is 2.00 bits per heavy atom. The van der Waals surface area contributed by atoms with Crippen LogP contribution in [-0.4, -0.2) is 29.1 Å². The van der Waals surface area contributed by atoms with Gasteiger partial charge in [-0.05, 0) is 0 Å². The minimum absolute atomic E-state index is 0. The monoisotopic (exact) mass is 101 g/mol. The summed E-state index contributed by atoms with van der Waals surface area (Å²) in [5, 5.41) is 0. The second-order valence-electron chi connectivity index (χ2n) is 0.509. The molecule has 0 unspecified atom stereocenters. The van der Waals surface area contributed by atoms with Crippen LogP contribution in [0.25, 0.3) is 0 Å². The summed E-state index contributed by atoms with van der Waals surface area (Å²) in [6.07, 6.45) is 0. The fourth-order valence-electron chi connectivity index (χ4n) is 0. The normalized spacial score (nSPS) is 5.50. The van der Waals surface area contributed by atoms with Gasteiger partial charge in [-0.25, -0.2) is 10.6 Å². The van der Waals surface area contributed by atoms with E-state index in [0.717, 1.165) is 0 Å². The van der Waals surface area contributed by atoms with Gasteiger partial charge in [0, 0.05) is 0 Å². The maximum Gasteiger partial charge on any atom is 2.00 e. The molecule has 0 aliphatic rings. The number of hydrogen-bond acceptors (Lipinski definition) is 2. The summed E-state index contributed by atoms with van der Waals surface area (Å²) >= 11 is 0. The van der Waals surface area contributed by atoms with Gasteiger partial charge in [0.15, 0.2) is 0 Å². The molecule has 4 nitrogen and oxygen atoms in total. The minimum Gasteiger partial charge on any atom is -1.00 e. The Morgan fingerprint density at radius 2 is 2.00 bits per heavy atom. The minimum atomic E-state index is -0.718. The maximum absolute atomic E-state index is 9.35. The first-order valence-corrected chi connectivity index (χ1v) is 1.03. The number of amides is 2. The summed E-state index contributed by atoms with van der Waals surface area (Å²) in [7, 11) is 0. The van der Waals surface area contributed by atoms with E-state index in [0.29, 0.717) is 0 Å². The number of primary amides is 1. The molecule has 0 saturated heterocycles. The Kier molecular flexibility index (Phi) is 7.80. The second-order valence-corrected chi connectivity index (χ2v) is 0.509. The van der Waals surface area contributed by atoms with E-state index in [1.807, 2.05) is 0 Å². The van der Waals surface area contributed by atoms with Gasteiger partial charge in [0.25, 0.3) is 0 Å². The summed E-state index contributed by atoms with van der Waals surface area (Å²) in [4.78, 5) is 9.35. The number of urea groups is 1. The number of hydrogen-bond donors (Lipinski definition) is 3. The third-order valence-corrected chi connectivity index (χ3v) is 0.142. The van der Waals surface area contributed by atoms with Crippen LogP contribution in [-0.2, 0) is 0 Å². The summed E-state index contributed by atoms with van der Waals surface area (Å²) < 4.78 is 0. The summed E-state index contributed by atoms with van der Waals surface area (Å²) in [5.74, 6) is 4.45. The number of rotatable bonds is 0. The van der Waals surface area contributed by atoms with Crippen LogP contribution < -0.4 is 17.0 Å². The number of nitrogens with one attached hydrogen (secondary N) is 1. The molecule has 0 aromatic carbocycles. The van der Waals surface area contributed by atoms with Crippen molar-refractivity contribution in [1.29, 1.82) is 0 Å². The van der Waals surface area contributed by atoms with Gasteiger partial charge in [0.2, 0.25) is 0 Å². The van der Waals surface area contributed by atoms with Gasteiger partial charge in [-0.15, -0.1) is 0 Å². The molecule has 34 valence electrons. The molecule has 2 amide bonds. The molecule has 0 aromatic rings. The van der Waals surface area contributed by atoms with E-state index >= 15 is 0 Å². The third kappa shape index (κ3) is 9.00. The van der Waals surface area contributed by atoms with E-state index in [-0.39, 0.29) is 25.9 Å². The van der Waals surface area contributed by atoms with Gasteiger partial charge in [-0.3, -0.25) is 5.43 Å². The van der Waals surface area contributed by atoms with Gasteiger partial charge in [-0.2, -0.15) is 0 Å². The van der Waals surface area contributed by atoms with Crippen LogP contribution in [0.5, 0.6) is 0 Å². The van der Waals surface area contributed by atoms with Crippen molar-refractivity contribution < 1.29 is 7.65 Å².